The molecule has 0 amide bonds. The molecule has 4 rings (SSSR count). The molecule has 1 fully saturated rings. The Morgan fingerprint density at radius 3 is 2.03 bits per heavy atom. The molecule has 4 nitrogen and oxygen atoms in total. The lowest BCUT2D eigenvalue weighted by Crippen LogP contribution is -2.47. The predicted octanol–water partition coefficient (Wildman–Crippen LogP) is 6.45. The molecule has 1 aliphatic heterocycles. The molecule has 0 spiro atoms. The molecule has 0 saturated carbocycles. The van der Waals surface area contributed by atoms with E-state index in [1.807, 2.05) is 65.6 Å². The number of hydrogen-bond acceptors (Lipinski definition) is 3. The Hall–Kier alpha value is -3.10. The number of piperidine rings is 1. The Morgan fingerprint density at radius 1 is 0.972 bits per heavy atom. The number of aliphatic hydroxyl groups is 1. The number of likely N-dealkylation sites (tertiary alicyclic amines) is 1. The van der Waals surface area contributed by atoms with E-state index in [0.717, 1.165) is 17.2 Å². The first-order valence-electron chi connectivity index (χ1n) is 12.0. The van der Waals surface area contributed by atoms with Crippen molar-refractivity contribution in [2.45, 2.75) is 31.5 Å². The smallest absolute Gasteiger partial charge is 0.418 e. The second-order valence-electron chi connectivity index (χ2n) is 8.83. The molecule has 8 heteroatoms. The third kappa shape index (κ3) is 5.50. The van der Waals surface area contributed by atoms with Crippen molar-refractivity contribution in [2.24, 2.45) is 5.92 Å². The van der Waals surface area contributed by atoms with E-state index in [4.69, 9.17) is 17.0 Å². The lowest BCUT2D eigenvalue weighted by atomic mass is 9.72. The molecule has 3 aromatic carbocycles. The topological polar surface area (TPSA) is 44.7 Å². The zero-order valence-electron chi connectivity index (χ0n) is 20.0. The predicted molar refractivity (Wildman–Crippen MR) is 139 cm³/mol. The summed E-state index contributed by atoms with van der Waals surface area (Å²) in [5, 5.41) is 15.1. The summed E-state index contributed by atoms with van der Waals surface area (Å²) < 4.78 is 46.3. The van der Waals surface area contributed by atoms with Crippen LogP contribution >= 0.6 is 12.2 Å². The van der Waals surface area contributed by atoms with Crippen molar-refractivity contribution in [3.8, 4) is 5.75 Å². The van der Waals surface area contributed by atoms with Gasteiger partial charge in [0.2, 0.25) is 0 Å². The van der Waals surface area contributed by atoms with E-state index in [1.165, 1.54) is 12.1 Å². The minimum atomic E-state index is -4.56. The van der Waals surface area contributed by atoms with Crippen LogP contribution in [0.15, 0.2) is 78.9 Å². The average molecular weight is 515 g/mol. The molecule has 0 atom stereocenters. The first-order valence-corrected chi connectivity index (χ1v) is 12.4. The third-order valence-corrected chi connectivity index (χ3v) is 7.01. The summed E-state index contributed by atoms with van der Waals surface area (Å²) in [4.78, 5) is 1.86. The number of rotatable bonds is 6. The largest absolute Gasteiger partial charge is 0.494 e. The Balaban J connectivity index is 1.50. The van der Waals surface area contributed by atoms with Crippen LogP contribution < -0.4 is 10.1 Å². The van der Waals surface area contributed by atoms with Gasteiger partial charge in [0.05, 0.1) is 17.9 Å². The van der Waals surface area contributed by atoms with Crippen LogP contribution in [0.3, 0.4) is 0 Å². The Labute approximate surface area is 214 Å². The van der Waals surface area contributed by atoms with Gasteiger partial charge in [-0.15, -0.1) is 0 Å². The molecule has 190 valence electrons. The number of halogens is 3. The SMILES string of the molecule is CCOc1ccc(NC(=S)N2CCC(C(O)(c3ccccc3)c3ccccc3)CC2)c(C(F)(F)F)c1. The number of alkyl halides is 3. The van der Waals surface area contributed by atoms with Gasteiger partial charge in [-0.2, -0.15) is 13.2 Å². The summed E-state index contributed by atoms with van der Waals surface area (Å²) >= 11 is 5.50. The molecule has 0 bridgehead atoms. The summed E-state index contributed by atoms with van der Waals surface area (Å²) in [6, 6.07) is 23.0. The minimum absolute atomic E-state index is 0.0856. The van der Waals surface area contributed by atoms with Gasteiger partial charge >= 0.3 is 6.18 Å². The van der Waals surface area contributed by atoms with Crippen LogP contribution in [0, 0.1) is 5.92 Å². The van der Waals surface area contributed by atoms with Gasteiger partial charge in [0.25, 0.3) is 0 Å². The highest BCUT2D eigenvalue weighted by atomic mass is 32.1. The van der Waals surface area contributed by atoms with E-state index < -0.39 is 17.3 Å². The van der Waals surface area contributed by atoms with Crippen LogP contribution in [0.5, 0.6) is 5.75 Å². The fourth-order valence-corrected chi connectivity index (χ4v) is 5.13. The van der Waals surface area contributed by atoms with E-state index in [9.17, 15) is 18.3 Å². The fourth-order valence-electron chi connectivity index (χ4n) is 4.84. The molecular formula is C28H29F3N2O2S. The van der Waals surface area contributed by atoms with Crippen LogP contribution in [-0.4, -0.2) is 34.8 Å². The standard InChI is InChI=1S/C28H29F3N2O2S/c1-2-35-23-13-14-25(24(19-23)28(29,30)31)32-26(36)33-17-15-22(16-18-33)27(34,20-9-5-3-6-10-20)21-11-7-4-8-12-21/h3-14,19,22,34H,2,15-18H2,1H3,(H,32,36). The molecule has 1 saturated heterocycles. The van der Waals surface area contributed by atoms with Gasteiger partial charge in [-0.1, -0.05) is 60.7 Å². The number of ether oxygens (including phenoxy) is 1. The van der Waals surface area contributed by atoms with Gasteiger partial charge in [-0.25, -0.2) is 0 Å². The van der Waals surface area contributed by atoms with Crippen molar-refractivity contribution in [3.05, 3.63) is 95.6 Å². The summed E-state index contributed by atoms with van der Waals surface area (Å²) in [5.41, 5.74) is -0.474. The molecule has 0 unspecified atom stereocenters. The van der Waals surface area contributed by atoms with Crippen molar-refractivity contribution in [3.63, 3.8) is 0 Å². The van der Waals surface area contributed by atoms with Crippen LogP contribution in [0.2, 0.25) is 0 Å². The monoisotopic (exact) mass is 514 g/mol. The Bertz CT molecular complexity index is 1120. The van der Waals surface area contributed by atoms with Gasteiger partial charge in [0.1, 0.15) is 11.4 Å². The quantitative estimate of drug-likeness (QED) is 0.370. The van der Waals surface area contributed by atoms with E-state index in [1.54, 1.807) is 6.92 Å². The van der Waals surface area contributed by atoms with Gasteiger partial charge in [0, 0.05) is 13.1 Å². The zero-order valence-corrected chi connectivity index (χ0v) is 20.8. The summed E-state index contributed by atoms with van der Waals surface area (Å²) in [5.74, 6) is 0.0702. The fraction of sp³-hybridized carbons (Fsp3) is 0.321. The van der Waals surface area contributed by atoms with Crippen molar-refractivity contribution in [1.29, 1.82) is 0 Å². The highest BCUT2D eigenvalue weighted by Crippen LogP contribution is 2.42. The molecular weight excluding hydrogens is 485 g/mol. The van der Waals surface area contributed by atoms with Crippen molar-refractivity contribution in [2.75, 3.05) is 25.0 Å². The molecule has 0 radical (unpaired) electrons. The highest BCUT2D eigenvalue weighted by molar-refractivity contribution is 7.80. The molecule has 3 aromatic rings. The zero-order chi connectivity index (χ0) is 25.8. The van der Waals surface area contributed by atoms with E-state index in [2.05, 4.69) is 5.32 Å². The van der Waals surface area contributed by atoms with E-state index in [0.29, 0.717) is 25.9 Å². The summed E-state index contributed by atoms with van der Waals surface area (Å²) in [6.45, 7) is 3.01. The lowest BCUT2D eigenvalue weighted by Gasteiger charge is -2.43. The Morgan fingerprint density at radius 2 is 1.53 bits per heavy atom. The molecule has 36 heavy (non-hydrogen) atoms. The minimum Gasteiger partial charge on any atom is -0.494 e. The van der Waals surface area contributed by atoms with Crippen LogP contribution in [0.25, 0.3) is 0 Å². The highest BCUT2D eigenvalue weighted by Gasteiger charge is 2.42. The number of benzene rings is 3. The number of nitrogens with zero attached hydrogens (tertiary/aromatic N) is 1. The molecule has 0 aliphatic carbocycles. The van der Waals surface area contributed by atoms with E-state index in [-0.39, 0.29) is 29.1 Å². The van der Waals surface area contributed by atoms with Gasteiger partial charge in [-0.05, 0) is 67.2 Å². The molecule has 0 aromatic heterocycles. The van der Waals surface area contributed by atoms with Crippen molar-refractivity contribution in [1.82, 2.24) is 4.90 Å². The lowest BCUT2D eigenvalue weighted by molar-refractivity contribution is -0.137. The normalized spacial score (nSPS) is 15.0. The Kier molecular flexibility index (Phi) is 7.85. The maximum absolute atomic E-state index is 13.7. The van der Waals surface area contributed by atoms with E-state index >= 15 is 0 Å². The molecule has 1 aliphatic rings. The van der Waals surface area contributed by atoms with Crippen LogP contribution in [0.4, 0.5) is 18.9 Å². The maximum atomic E-state index is 13.7. The van der Waals surface area contributed by atoms with Crippen molar-refractivity contribution < 1.29 is 23.0 Å². The number of thiocarbonyl (C=S) groups is 1. The first-order chi connectivity index (χ1) is 17.2. The number of hydrogen-bond donors (Lipinski definition) is 2. The summed E-state index contributed by atoms with van der Waals surface area (Å²) in [6.07, 6.45) is -3.31. The van der Waals surface area contributed by atoms with Crippen molar-refractivity contribution >= 4 is 23.0 Å². The van der Waals surface area contributed by atoms with Gasteiger partial charge in [0.15, 0.2) is 5.11 Å². The summed E-state index contributed by atoms with van der Waals surface area (Å²) in [7, 11) is 0. The second-order valence-corrected chi connectivity index (χ2v) is 9.21. The van der Waals surface area contributed by atoms with Gasteiger partial charge in [-0.3, -0.25) is 0 Å². The number of nitrogens with one attached hydrogen (secondary N) is 1. The number of anilines is 1. The van der Waals surface area contributed by atoms with Crippen LogP contribution in [-0.2, 0) is 11.8 Å². The average Bonchev–Trinajstić information content (AvgIpc) is 2.89. The molecule has 1 heterocycles. The third-order valence-electron chi connectivity index (χ3n) is 6.65. The van der Waals surface area contributed by atoms with Crippen LogP contribution in [0.1, 0.15) is 36.5 Å². The molecule has 2 N–H and O–H groups in total. The second kappa shape index (κ2) is 10.9. The maximum Gasteiger partial charge on any atom is 0.418 e. The first kappa shape index (κ1) is 26.0. The van der Waals surface area contributed by atoms with Gasteiger partial charge < -0.3 is 20.1 Å².